The summed E-state index contributed by atoms with van der Waals surface area (Å²) in [4.78, 5) is 34.8. The molecule has 0 aliphatic heterocycles. The average molecular weight is 419 g/mol. The maximum absolute atomic E-state index is 12.0. The first-order valence-electron chi connectivity index (χ1n) is 7.21. The van der Waals surface area contributed by atoms with Crippen LogP contribution in [0.1, 0.15) is 20.3 Å². The van der Waals surface area contributed by atoms with Crippen LogP contribution in [0.4, 0.5) is 0 Å². The van der Waals surface area contributed by atoms with Crippen LogP contribution >= 0.6 is 0 Å². The van der Waals surface area contributed by atoms with Crippen molar-refractivity contribution < 1.29 is 41.6 Å². The first-order chi connectivity index (χ1) is 11.4. The van der Waals surface area contributed by atoms with E-state index >= 15 is 0 Å². The van der Waals surface area contributed by atoms with Gasteiger partial charge < -0.3 is 14.2 Å². The van der Waals surface area contributed by atoms with E-state index in [-0.39, 0.29) is 75.6 Å². The van der Waals surface area contributed by atoms with Crippen LogP contribution in [0.3, 0.4) is 0 Å². The van der Waals surface area contributed by atoms with Gasteiger partial charge in [-0.2, -0.15) is 8.42 Å². The van der Waals surface area contributed by atoms with E-state index < -0.39 is 52.9 Å². The van der Waals surface area contributed by atoms with Gasteiger partial charge in [-0.25, -0.2) is 9.59 Å². The van der Waals surface area contributed by atoms with Gasteiger partial charge in [0.05, 0.1) is 12.4 Å². The van der Waals surface area contributed by atoms with E-state index in [9.17, 15) is 22.8 Å². The van der Waals surface area contributed by atoms with Gasteiger partial charge in [-0.3, -0.25) is 9.35 Å². The fourth-order valence-electron chi connectivity index (χ4n) is 1.32. The number of ether oxygens (including phenoxy) is 3. The number of carbonyl (C=O) groups excluding carboxylic acids is 3. The van der Waals surface area contributed by atoms with E-state index in [0.717, 1.165) is 0 Å². The van der Waals surface area contributed by atoms with E-state index in [0.29, 0.717) is 0 Å². The number of esters is 3. The fraction of sp³-hybridized carbons (Fsp3) is 0.533. The maximum atomic E-state index is 12.0. The summed E-state index contributed by atoms with van der Waals surface area (Å²) in [5.74, 6) is -3.97. The Kier molecular flexibility index (Phi) is 14.4. The van der Waals surface area contributed by atoms with Crippen LogP contribution in [-0.2, 0) is 38.7 Å². The van der Waals surface area contributed by atoms with Crippen LogP contribution in [0.2, 0.25) is 0 Å². The molecule has 0 spiro atoms. The van der Waals surface area contributed by atoms with Crippen LogP contribution < -0.4 is 0 Å². The molecule has 0 radical (unpaired) electrons. The van der Waals surface area contributed by atoms with Crippen LogP contribution in [0.15, 0.2) is 24.3 Å². The molecule has 1 N–H and O–H groups in total. The first kappa shape index (κ1) is 27.7. The standard InChI is InChI=1S/C15H22O9S.K.H/c1-10(2)13(16)23-8-12(9-24-14(17)11(3)4)15(18)22-6-5-7-25(19,20)21;;/h12H,1,3,5-9H2,2,4H3,(H,19,20,21);;. The van der Waals surface area contributed by atoms with E-state index in [1.807, 2.05) is 0 Å². The van der Waals surface area contributed by atoms with Crippen molar-refractivity contribution in [3.8, 4) is 0 Å². The number of carbonyl (C=O) groups is 3. The van der Waals surface area contributed by atoms with Crippen molar-refractivity contribution in [1.29, 1.82) is 0 Å². The molecule has 0 aromatic carbocycles. The zero-order valence-electron chi connectivity index (χ0n) is 14.1. The number of hydrogen-bond acceptors (Lipinski definition) is 8. The summed E-state index contributed by atoms with van der Waals surface area (Å²) in [5, 5.41) is 0. The quantitative estimate of drug-likeness (QED) is 0.123. The van der Waals surface area contributed by atoms with E-state index in [4.69, 9.17) is 18.8 Å². The van der Waals surface area contributed by atoms with Crippen molar-refractivity contribution in [3.05, 3.63) is 24.3 Å². The summed E-state index contributed by atoms with van der Waals surface area (Å²) in [7, 11) is -4.15. The van der Waals surface area contributed by atoms with Crippen LogP contribution in [0, 0.1) is 5.92 Å². The Balaban J connectivity index is 0. The van der Waals surface area contributed by atoms with E-state index in [1.165, 1.54) is 13.8 Å². The average Bonchev–Trinajstić information content (AvgIpc) is 2.49. The van der Waals surface area contributed by atoms with Crippen molar-refractivity contribution in [3.63, 3.8) is 0 Å². The Labute approximate surface area is 195 Å². The van der Waals surface area contributed by atoms with Gasteiger partial charge in [-0.05, 0) is 20.3 Å². The molecule has 0 aromatic rings. The summed E-state index contributed by atoms with van der Waals surface area (Å²) < 4.78 is 44.3. The van der Waals surface area contributed by atoms with Gasteiger partial charge in [0.15, 0.2) is 0 Å². The van der Waals surface area contributed by atoms with Crippen LogP contribution in [0.25, 0.3) is 0 Å². The zero-order valence-corrected chi connectivity index (χ0v) is 15.0. The summed E-state index contributed by atoms with van der Waals surface area (Å²) in [5.41, 5.74) is 0.249. The predicted molar refractivity (Wildman–Crippen MR) is 94.2 cm³/mol. The van der Waals surface area contributed by atoms with Crippen LogP contribution in [0.5, 0.6) is 0 Å². The van der Waals surface area contributed by atoms with E-state index in [1.54, 1.807) is 0 Å². The zero-order chi connectivity index (χ0) is 19.6. The molecule has 0 rings (SSSR count). The number of hydrogen-bond donors (Lipinski definition) is 1. The van der Waals surface area contributed by atoms with E-state index in [2.05, 4.69) is 13.2 Å². The van der Waals surface area contributed by atoms with Crippen molar-refractivity contribution in [2.24, 2.45) is 5.92 Å². The molecule has 0 fully saturated rings. The van der Waals surface area contributed by atoms with Crippen molar-refractivity contribution >= 4 is 79.4 Å². The van der Waals surface area contributed by atoms with Gasteiger partial charge in [-0.15, -0.1) is 0 Å². The third-order valence-corrected chi connectivity index (χ3v) is 3.46. The van der Waals surface area contributed by atoms with Gasteiger partial charge in [0.2, 0.25) is 0 Å². The summed E-state index contributed by atoms with van der Waals surface area (Å²) >= 11 is 0. The second kappa shape index (κ2) is 13.6. The molecule has 0 aromatic heterocycles. The molecule has 9 nitrogen and oxygen atoms in total. The van der Waals surface area contributed by atoms with Gasteiger partial charge in [-0.1, -0.05) is 13.2 Å². The Bertz CT molecular complexity index is 610. The van der Waals surface area contributed by atoms with Gasteiger partial charge in [0.25, 0.3) is 10.1 Å². The minimum atomic E-state index is -4.15. The molecule has 0 aliphatic rings. The Hall–Kier alpha value is -0.564. The third kappa shape index (κ3) is 13.6. The molecule has 0 bridgehead atoms. The normalized spacial score (nSPS) is 10.5. The molecule has 0 atom stereocenters. The molecule has 144 valence electrons. The molecule has 0 heterocycles. The monoisotopic (exact) mass is 418 g/mol. The fourth-order valence-corrected chi connectivity index (χ4v) is 1.80. The Morgan fingerprint density at radius 3 is 1.73 bits per heavy atom. The molecule has 0 amide bonds. The summed E-state index contributed by atoms with van der Waals surface area (Å²) in [6, 6.07) is 0. The minimum absolute atomic E-state index is 0. The molecule has 0 unspecified atom stereocenters. The number of rotatable bonds is 11. The Morgan fingerprint density at radius 1 is 0.962 bits per heavy atom. The Morgan fingerprint density at radius 2 is 1.38 bits per heavy atom. The predicted octanol–water partition coefficient (Wildman–Crippen LogP) is 0.0138. The second-order valence-corrected chi connectivity index (χ2v) is 6.83. The topological polar surface area (TPSA) is 133 Å². The SMILES string of the molecule is C=C(C)C(=O)OCC(COC(=O)C(=C)C)C(=O)OCCCS(=O)(=O)O.[KH]. The van der Waals surface area contributed by atoms with Gasteiger partial charge in [0, 0.05) is 11.1 Å². The summed E-state index contributed by atoms with van der Waals surface area (Å²) in [6.45, 7) is 8.53. The molecule has 26 heavy (non-hydrogen) atoms. The molecular weight excluding hydrogens is 395 g/mol. The molecule has 0 saturated carbocycles. The molecule has 11 heteroatoms. The summed E-state index contributed by atoms with van der Waals surface area (Å²) in [6.07, 6.45) is -0.117. The van der Waals surface area contributed by atoms with Crippen molar-refractivity contribution in [1.82, 2.24) is 0 Å². The van der Waals surface area contributed by atoms with Crippen LogP contribution in [-0.4, -0.2) is 108 Å². The first-order valence-corrected chi connectivity index (χ1v) is 8.82. The van der Waals surface area contributed by atoms with Crippen molar-refractivity contribution in [2.75, 3.05) is 25.6 Å². The second-order valence-electron chi connectivity index (χ2n) is 5.26. The molecule has 0 saturated heterocycles. The molecule has 0 aliphatic carbocycles. The van der Waals surface area contributed by atoms with Gasteiger partial charge >= 0.3 is 69.3 Å². The van der Waals surface area contributed by atoms with Crippen molar-refractivity contribution in [2.45, 2.75) is 20.3 Å². The van der Waals surface area contributed by atoms with Gasteiger partial charge in [0.1, 0.15) is 19.1 Å². The molecular formula is C15H23KO9S. The third-order valence-electron chi connectivity index (χ3n) is 2.65.